The number of nitrogens with zero attached hydrogens (tertiary/aromatic N) is 3. The maximum absolute atomic E-state index is 5.87. The number of rotatable bonds is 1. The molecule has 3 rings (SSSR count). The van der Waals surface area contributed by atoms with E-state index in [9.17, 15) is 0 Å². The van der Waals surface area contributed by atoms with Crippen molar-refractivity contribution in [2.24, 2.45) is 17.8 Å². The van der Waals surface area contributed by atoms with Crippen molar-refractivity contribution in [2.75, 3.05) is 0 Å². The van der Waals surface area contributed by atoms with Crippen molar-refractivity contribution in [1.82, 2.24) is 14.9 Å². The van der Waals surface area contributed by atoms with Crippen LogP contribution in [0.4, 0.5) is 5.82 Å². The highest BCUT2D eigenvalue weighted by Gasteiger charge is 2.23. The van der Waals surface area contributed by atoms with E-state index in [1.807, 2.05) is 23.7 Å². The first kappa shape index (κ1) is 9.17. The molecule has 6 heteroatoms. The Morgan fingerprint density at radius 1 is 1.56 bits per heavy atom. The quantitative estimate of drug-likeness (QED) is 0.743. The summed E-state index contributed by atoms with van der Waals surface area (Å²) in [6.45, 7) is 0. The molecule has 0 spiro atoms. The van der Waals surface area contributed by atoms with Gasteiger partial charge in [-0.3, -0.25) is 0 Å². The van der Waals surface area contributed by atoms with Crippen LogP contribution in [0.1, 0.15) is 11.9 Å². The summed E-state index contributed by atoms with van der Waals surface area (Å²) in [4.78, 5) is 8.66. The summed E-state index contributed by atoms with van der Waals surface area (Å²) in [6.07, 6.45) is 2.88. The number of nitrogens with two attached hydrogens (primary N) is 1. The van der Waals surface area contributed by atoms with Crippen LogP contribution in [0.5, 0.6) is 0 Å². The molecular weight excluding hydrogens is 206 g/mol. The third-order valence-electron chi connectivity index (χ3n) is 2.57. The number of hydrogen-bond acceptors (Lipinski definition) is 5. The first-order valence-electron chi connectivity index (χ1n) is 4.92. The SMILES string of the molecule is Cn1c(-c2ccco2)nc2c1N=CNC2N. The molecule has 1 aliphatic heterocycles. The van der Waals surface area contributed by atoms with Crippen LogP contribution in [0, 0.1) is 0 Å². The maximum atomic E-state index is 5.87. The maximum Gasteiger partial charge on any atom is 0.177 e. The van der Waals surface area contributed by atoms with Gasteiger partial charge in [-0.25, -0.2) is 9.98 Å². The monoisotopic (exact) mass is 217 g/mol. The number of imidazole rings is 1. The fourth-order valence-corrected chi connectivity index (χ4v) is 1.76. The van der Waals surface area contributed by atoms with E-state index in [2.05, 4.69) is 15.3 Å². The molecule has 16 heavy (non-hydrogen) atoms. The van der Waals surface area contributed by atoms with E-state index in [0.717, 1.165) is 17.3 Å². The Morgan fingerprint density at radius 3 is 3.12 bits per heavy atom. The standard InChI is InChI=1S/C10H11N5O/c1-15-9(6-3-2-4-16-6)14-7-8(11)12-5-13-10(7)15/h2-5,8H,11H2,1H3,(H,12,13). The van der Waals surface area contributed by atoms with E-state index in [-0.39, 0.29) is 6.17 Å². The van der Waals surface area contributed by atoms with Crippen LogP contribution in [0.2, 0.25) is 0 Å². The lowest BCUT2D eigenvalue weighted by Gasteiger charge is -2.13. The highest BCUT2D eigenvalue weighted by atomic mass is 16.3. The Morgan fingerprint density at radius 2 is 2.44 bits per heavy atom. The van der Waals surface area contributed by atoms with Gasteiger partial charge in [-0.05, 0) is 12.1 Å². The zero-order valence-corrected chi connectivity index (χ0v) is 8.71. The number of aliphatic imine (C=N–C) groups is 1. The molecule has 0 amide bonds. The molecular formula is C10H11N5O. The predicted octanol–water partition coefficient (Wildman–Crippen LogP) is 0.900. The zero-order chi connectivity index (χ0) is 11.1. The summed E-state index contributed by atoms with van der Waals surface area (Å²) in [6, 6.07) is 3.68. The number of aromatic nitrogens is 2. The molecule has 1 aliphatic rings. The van der Waals surface area contributed by atoms with Gasteiger partial charge in [0.2, 0.25) is 0 Å². The van der Waals surface area contributed by atoms with E-state index >= 15 is 0 Å². The molecule has 3 N–H and O–H groups in total. The zero-order valence-electron chi connectivity index (χ0n) is 8.71. The summed E-state index contributed by atoms with van der Waals surface area (Å²) in [7, 11) is 1.89. The molecule has 82 valence electrons. The van der Waals surface area contributed by atoms with E-state index in [1.165, 1.54) is 0 Å². The minimum absolute atomic E-state index is 0.317. The van der Waals surface area contributed by atoms with Gasteiger partial charge in [-0.2, -0.15) is 0 Å². The molecule has 0 fully saturated rings. The molecule has 6 nitrogen and oxygen atoms in total. The van der Waals surface area contributed by atoms with Gasteiger partial charge in [0.1, 0.15) is 11.9 Å². The minimum Gasteiger partial charge on any atom is -0.461 e. The first-order chi connectivity index (χ1) is 7.77. The third-order valence-corrected chi connectivity index (χ3v) is 2.57. The van der Waals surface area contributed by atoms with Crippen molar-refractivity contribution in [3.05, 3.63) is 24.1 Å². The van der Waals surface area contributed by atoms with Crippen molar-refractivity contribution >= 4 is 12.2 Å². The predicted molar refractivity (Wildman–Crippen MR) is 59.1 cm³/mol. The Kier molecular flexibility index (Phi) is 1.84. The smallest absolute Gasteiger partial charge is 0.177 e. The van der Waals surface area contributed by atoms with Gasteiger partial charge in [0.15, 0.2) is 17.4 Å². The van der Waals surface area contributed by atoms with Gasteiger partial charge in [0.05, 0.1) is 12.6 Å². The Balaban J connectivity index is 2.19. The van der Waals surface area contributed by atoms with Crippen LogP contribution in [-0.2, 0) is 7.05 Å². The van der Waals surface area contributed by atoms with Gasteiger partial charge < -0.3 is 20.0 Å². The number of nitrogens with one attached hydrogen (secondary N) is 1. The molecule has 0 radical (unpaired) electrons. The Labute approximate surface area is 91.8 Å². The molecule has 2 aromatic rings. The number of hydrogen-bond donors (Lipinski definition) is 2. The average Bonchev–Trinajstić information content (AvgIpc) is 2.88. The molecule has 0 saturated carbocycles. The average molecular weight is 217 g/mol. The molecule has 0 bridgehead atoms. The molecule has 1 unspecified atom stereocenters. The van der Waals surface area contributed by atoms with Crippen LogP contribution in [0.3, 0.4) is 0 Å². The lowest BCUT2D eigenvalue weighted by atomic mass is 10.3. The van der Waals surface area contributed by atoms with Crippen molar-refractivity contribution in [2.45, 2.75) is 6.17 Å². The van der Waals surface area contributed by atoms with E-state index in [0.29, 0.717) is 5.76 Å². The summed E-state index contributed by atoms with van der Waals surface area (Å²) in [5.74, 6) is 2.20. The van der Waals surface area contributed by atoms with E-state index < -0.39 is 0 Å². The third kappa shape index (κ3) is 1.17. The van der Waals surface area contributed by atoms with Gasteiger partial charge in [0.25, 0.3) is 0 Å². The van der Waals surface area contributed by atoms with Crippen molar-refractivity contribution in [3.63, 3.8) is 0 Å². The van der Waals surface area contributed by atoms with Crippen molar-refractivity contribution in [3.8, 4) is 11.6 Å². The van der Waals surface area contributed by atoms with Crippen LogP contribution in [-0.4, -0.2) is 15.9 Å². The summed E-state index contributed by atoms with van der Waals surface area (Å²) in [5.41, 5.74) is 6.61. The van der Waals surface area contributed by atoms with Crippen molar-refractivity contribution < 1.29 is 4.42 Å². The highest BCUT2D eigenvalue weighted by molar-refractivity contribution is 5.67. The molecule has 1 atom stereocenters. The van der Waals surface area contributed by atoms with Gasteiger partial charge in [0, 0.05) is 7.05 Å². The minimum atomic E-state index is -0.317. The second-order valence-corrected chi connectivity index (χ2v) is 3.58. The van der Waals surface area contributed by atoms with E-state index in [1.54, 1.807) is 12.6 Å². The number of furan rings is 1. The van der Waals surface area contributed by atoms with Gasteiger partial charge >= 0.3 is 0 Å². The second-order valence-electron chi connectivity index (χ2n) is 3.58. The van der Waals surface area contributed by atoms with Crippen LogP contribution < -0.4 is 11.1 Å². The largest absolute Gasteiger partial charge is 0.461 e. The first-order valence-corrected chi connectivity index (χ1v) is 4.92. The lowest BCUT2D eigenvalue weighted by molar-refractivity contribution is 0.574. The van der Waals surface area contributed by atoms with Crippen molar-refractivity contribution in [1.29, 1.82) is 0 Å². The van der Waals surface area contributed by atoms with E-state index in [4.69, 9.17) is 10.2 Å². The van der Waals surface area contributed by atoms with Gasteiger partial charge in [-0.1, -0.05) is 0 Å². The Hall–Kier alpha value is -2.08. The molecule has 0 aliphatic carbocycles. The Bertz CT molecular complexity index is 540. The molecule has 0 aromatic carbocycles. The van der Waals surface area contributed by atoms with Crippen LogP contribution in [0.15, 0.2) is 27.8 Å². The molecule has 2 aromatic heterocycles. The summed E-state index contributed by atoms with van der Waals surface area (Å²) >= 11 is 0. The molecule has 0 saturated heterocycles. The topological polar surface area (TPSA) is 81.4 Å². The summed E-state index contributed by atoms with van der Waals surface area (Å²) < 4.78 is 7.18. The fourth-order valence-electron chi connectivity index (χ4n) is 1.76. The van der Waals surface area contributed by atoms with Gasteiger partial charge in [-0.15, -0.1) is 0 Å². The van der Waals surface area contributed by atoms with Crippen LogP contribution >= 0.6 is 0 Å². The lowest BCUT2D eigenvalue weighted by Crippen LogP contribution is -2.30. The molecule has 3 heterocycles. The van der Waals surface area contributed by atoms with Crippen LogP contribution in [0.25, 0.3) is 11.6 Å². The highest BCUT2D eigenvalue weighted by Crippen LogP contribution is 2.30. The summed E-state index contributed by atoms with van der Waals surface area (Å²) in [5, 5.41) is 2.90. The fraction of sp³-hybridized carbons (Fsp3) is 0.200. The second kappa shape index (κ2) is 3.21. The number of fused-ring (bicyclic) bond motifs is 1. The normalized spacial score (nSPS) is 18.2.